The molecule has 3 aromatic carbocycles. The zero-order valence-electron chi connectivity index (χ0n) is 17.4. The quantitative estimate of drug-likeness (QED) is 0.404. The van der Waals surface area contributed by atoms with E-state index in [1.165, 1.54) is 16.7 Å². The number of benzene rings is 3. The number of fused-ring (bicyclic) bond motifs is 1. The van der Waals surface area contributed by atoms with E-state index in [0.717, 1.165) is 28.6 Å². The summed E-state index contributed by atoms with van der Waals surface area (Å²) in [5, 5.41) is 0. The van der Waals surface area contributed by atoms with Gasteiger partial charge in [-0.1, -0.05) is 54.6 Å². The normalized spacial score (nSPS) is 15.4. The van der Waals surface area contributed by atoms with E-state index in [1.807, 2.05) is 12.1 Å². The van der Waals surface area contributed by atoms with E-state index < -0.39 is 0 Å². The molecule has 0 bridgehead atoms. The van der Waals surface area contributed by atoms with Gasteiger partial charge in [-0.3, -0.25) is 0 Å². The molecule has 1 aliphatic rings. The molecule has 1 atom stereocenters. The number of nitrogens with zero attached hydrogens (tertiary/aromatic N) is 4. The van der Waals surface area contributed by atoms with Crippen LogP contribution in [0.4, 0.5) is 22.9 Å². The van der Waals surface area contributed by atoms with E-state index in [4.69, 9.17) is 9.97 Å². The monoisotopic (exact) mass is 392 g/mol. The molecular formula is C26H24N4. The molecule has 4 nitrogen and oxygen atoms in total. The van der Waals surface area contributed by atoms with Crippen LogP contribution in [0.3, 0.4) is 0 Å². The molecule has 0 radical (unpaired) electrons. The summed E-state index contributed by atoms with van der Waals surface area (Å²) in [6, 6.07) is 27.4. The first-order valence-electron chi connectivity index (χ1n) is 10.3. The molecule has 0 amide bonds. The number of para-hydroxylation sites is 2. The van der Waals surface area contributed by atoms with Gasteiger partial charge in [0.15, 0.2) is 5.82 Å². The summed E-state index contributed by atoms with van der Waals surface area (Å²) in [7, 11) is 0. The first-order valence-corrected chi connectivity index (χ1v) is 10.3. The van der Waals surface area contributed by atoms with Gasteiger partial charge >= 0.3 is 0 Å². The number of hydrogen-bond acceptors (Lipinski definition) is 4. The Hall–Kier alpha value is -3.66. The summed E-state index contributed by atoms with van der Waals surface area (Å²) in [4.78, 5) is 14.2. The second kappa shape index (κ2) is 7.30. The third-order valence-electron chi connectivity index (χ3n) is 5.81. The Bertz CT molecular complexity index is 1170. The largest absolute Gasteiger partial charge is 0.315 e. The highest BCUT2D eigenvalue weighted by Gasteiger charge is 2.39. The summed E-state index contributed by atoms with van der Waals surface area (Å²) >= 11 is 0. The van der Waals surface area contributed by atoms with Crippen molar-refractivity contribution in [1.82, 2.24) is 9.97 Å². The van der Waals surface area contributed by atoms with Crippen molar-refractivity contribution < 1.29 is 0 Å². The molecule has 4 heteroatoms. The molecule has 2 heterocycles. The van der Waals surface area contributed by atoms with Crippen molar-refractivity contribution in [2.75, 3.05) is 9.80 Å². The summed E-state index contributed by atoms with van der Waals surface area (Å²) < 4.78 is 0. The fourth-order valence-electron chi connectivity index (χ4n) is 4.48. The average Bonchev–Trinajstić information content (AvgIpc) is 3.07. The zero-order valence-corrected chi connectivity index (χ0v) is 17.4. The second-order valence-corrected chi connectivity index (χ2v) is 7.70. The van der Waals surface area contributed by atoms with Crippen LogP contribution in [0.2, 0.25) is 0 Å². The predicted octanol–water partition coefficient (Wildman–Crippen LogP) is 6.40. The highest BCUT2D eigenvalue weighted by Crippen LogP contribution is 2.50. The number of anilines is 4. The molecule has 1 aliphatic heterocycles. The van der Waals surface area contributed by atoms with Gasteiger partial charge in [-0.15, -0.1) is 0 Å². The molecular weight excluding hydrogens is 368 g/mol. The fraction of sp³-hybridized carbons (Fsp3) is 0.154. The van der Waals surface area contributed by atoms with Crippen molar-refractivity contribution in [2.45, 2.75) is 26.9 Å². The average molecular weight is 393 g/mol. The maximum atomic E-state index is 4.80. The van der Waals surface area contributed by atoms with Crippen molar-refractivity contribution in [3.05, 3.63) is 96.3 Å². The summed E-state index contributed by atoms with van der Waals surface area (Å²) in [6.07, 6.45) is 1.75. The summed E-state index contributed by atoms with van der Waals surface area (Å²) in [6.45, 7) is 6.52. The van der Waals surface area contributed by atoms with Gasteiger partial charge in [0.2, 0.25) is 0 Å². The van der Waals surface area contributed by atoms with Gasteiger partial charge in [-0.05, 0) is 56.2 Å². The van der Waals surface area contributed by atoms with Gasteiger partial charge in [-0.2, -0.15) is 0 Å². The molecule has 1 unspecified atom stereocenters. The van der Waals surface area contributed by atoms with Crippen LogP contribution in [-0.4, -0.2) is 16.1 Å². The van der Waals surface area contributed by atoms with Gasteiger partial charge < -0.3 is 9.80 Å². The maximum Gasteiger partial charge on any atom is 0.162 e. The SMILES string of the molecule is Cc1cccc(C)c1-c1ncnc2c1N(c1ccccc1)C(C)N2c1ccccc1. The van der Waals surface area contributed by atoms with E-state index >= 15 is 0 Å². The lowest BCUT2D eigenvalue weighted by Crippen LogP contribution is -2.35. The van der Waals surface area contributed by atoms with Crippen molar-refractivity contribution in [1.29, 1.82) is 0 Å². The minimum Gasteiger partial charge on any atom is -0.315 e. The third kappa shape index (κ3) is 2.84. The first kappa shape index (κ1) is 18.4. The maximum absolute atomic E-state index is 4.80. The zero-order chi connectivity index (χ0) is 20.7. The Labute approximate surface area is 177 Å². The van der Waals surface area contributed by atoms with Gasteiger partial charge in [0.25, 0.3) is 0 Å². The van der Waals surface area contributed by atoms with Crippen LogP contribution < -0.4 is 9.80 Å². The predicted molar refractivity (Wildman–Crippen MR) is 124 cm³/mol. The van der Waals surface area contributed by atoms with Crippen LogP contribution in [-0.2, 0) is 0 Å². The van der Waals surface area contributed by atoms with Gasteiger partial charge in [0, 0.05) is 16.9 Å². The second-order valence-electron chi connectivity index (χ2n) is 7.70. The van der Waals surface area contributed by atoms with Crippen LogP contribution in [0.25, 0.3) is 11.3 Å². The van der Waals surface area contributed by atoms with Crippen LogP contribution >= 0.6 is 0 Å². The van der Waals surface area contributed by atoms with Crippen molar-refractivity contribution in [2.24, 2.45) is 0 Å². The molecule has 0 spiro atoms. The molecule has 148 valence electrons. The molecule has 0 aliphatic carbocycles. The van der Waals surface area contributed by atoms with Crippen LogP contribution in [0.1, 0.15) is 18.1 Å². The number of hydrogen-bond donors (Lipinski definition) is 0. The fourth-order valence-corrected chi connectivity index (χ4v) is 4.48. The Balaban J connectivity index is 1.80. The van der Waals surface area contributed by atoms with Crippen LogP contribution in [0.5, 0.6) is 0 Å². The minimum absolute atomic E-state index is 0.0598. The molecule has 4 aromatic rings. The Kier molecular flexibility index (Phi) is 4.47. The highest BCUT2D eigenvalue weighted by molar-refractivity contribution is 5.95. The van der Waals surface area contributed by atoms with Crippen molar-refractivity contribution in [3.8, 4) is 11.3 Å². The van der Waals surface area contributed by atoms with E-state index in [9.17, 15) is 0 Å². The van der Waals surface area contributed by atoms with E-state index in [-0.39, 0.29) is 6.17 Å². The van der Waals surface area contributed by atoms with E-state index in [0.29, 0.717) is 0 Å². The first-order chi connectivity index (χ1) is 14.7. The van der Waals surface area contributed by atoms with E-state index in [2.05, 4.69) is 97.3 Å². The molecule has 0 saturated carbocycles. The highest BCUT2D eigenvalue weighted by atomic mass is 15.4. The number of aromatic nitrogens is 2. The summed E-state index contributed by atoms with van der Waals surface area (Å²) in [5.41, 5.74) is 7.90. The Morgan fingerprint density at radius 3 is 1.83 bits per heavy atom. The minimum atomic E-state index is 0.0598. The Morgan fingerprint density at radius 1 is 0.667 bits per heavy atom. The lowest BCUT2D eigenvalue weighted by molar-refractivity contribution is 0.757. The van der Waals surface area contributed by atoms with Crippen molar-refractivity contribution in [3.63, 3.8) is 0 Å². The number of rotatable bonds is 3. The van der Waals surface area contributed by atoms with Crippen LogP contribution in [0, 0.1) is 13.8 Å². The Morgan fingerprint density at radius 2 is 1.23 bits per heavy atom. The molecule has 5 rings (SSSR count). The van der Waals surface area contributed by atoms with Gasteiger partial charge in [0.1, 0.15) is 23.9 Å². The van der Waals surface area contributed by atoms with E-state index in [1.54, 1.807) is 6.33 Å². The molecule has 0 saturated heterocycles. The third-order valence-corrected chi connectivity index (χ3v) is 5.81. The molecule has 1 aromatic heterocycles. The molecule has 0 N–H and O–H groups in total. The molecule has 30 heavy (non-hydrogen) atoms. The standard InChI is InChI=1S/C26H24N4/c1-18-11-10-12-19(2)23(18)24-25-26(28-17-27-24)30(22-15-8-5-9-16-22)20(3)29(25)21-13-6-4-7-14-21/h4-17,20H,1-3H3. The topological polar surface area (TPSA) is 32.3 Å². The van der Waals surface area contributed by atoms with Gasteiger partial charge in [-0.25, -0.2) is 9.97 Å². The van der Waals surface area contributed by atoms with Gasteiger partial charge in [0.05, 0.1) is 0 Å². The summed E-state index contributed by atoms with van der Waals surface area (Å²) in [5.74, 6) is 0.935. The van der Waals surface area contributed by atoms with Crippen LogP contribution in [0.15, 0.2) is 85.2 Å². The smallest absolute Gasteiger partial charge is 0.162 e. The lowest BCUT2D eigenvalue weighted by atomic mass is 9.98. The van der Waals surface area contributed by atoms with Crippen molar-refractivity contribution >= 4 is 22.9 Å². The lowest BCUT2D eigenvalue weighted by Gasteiger charge is -2.30. The molecule has 0 fully saturated rings. The number of aryl methyl sites for hydroxylation is 2.